The van der Waals surface area contributed by atoms with Gasteiger partial charge in [0, 0.05) is 31.7 Å². The third-order valence-electron chi connectivity index (χ3n) is 2.83. The van der Waals surface area contributed by atoms with Crippen LogP contribution in [-0.4, -0.2) is 34.8 Å². The van der Waals surface area contributed by atoms with Crippen LogP contribution in [0.5, 0.6) is 0 Å². The molecule has 7 heteroatoms. The van der Waals surface area contributed by atoms with Crippen molar-refractivity contribution in [1.82, 2.24) is 20.4 Å². The molecule has 0 aliphatic carbocycles. The van der Waals surface area contributed by atoms with Crippen molar-refractivity contribution < 1.29 is 4.79 Å². The number of aromatic nitrogens is 2. The molecule has 0 unspecified atom stereocenters. The quantitative estimate of drug-likeness (QED) is 0.877. The molecule has 1 fully saturated rings. The Hall–Kier alpha value is -0.780. The van der Waals surface area contributed by atoms with E-state index in [-0.39, 0.29) is 24.4 Å². The lowest BCUT2D eigenvalue weighted by Crippen LogP contribution is -2.45. The first-order valence-corrected chi connectivity index (χ1v) is 6.30. The molecule has 0 bridgehead atoms. The molecule has 1 aliphatic rings. The largest absolute Gasteiger partial charge is 0.352 e. The fourth-order valence-electron chi connectivity index (χ4n) is 1.95. The number of hydrogen-bond acceptors (Lipinski definition) is 3. The van der Waals surface area contributed by atoms with E-state index >= 15 is 0 Å². The third-order valence-corrected chi connectivity index (χ3v) is 3.03. The zero-order chi connectivity index (χ0) is 12.1. The summed E-state index contributed by atoms with van der Waals surface area (Å²) in [6, 6.07) is 0.275. The second kappa shape index (κ2) is 7.61. The number of nitrogens with zero attached hydrogens (tertiary/aromatic N) is 2. The molecule has 0 saturated carbocycles. The SMILES string of the molecule is Cl.O=C(CCn1cc(Cl)cn1)N[C@H]1CCCNC1. The van der Waals surface area contributed by atoms with Crippen molar-refractivity contribution in [2.45, 2.75) is 31.8 Å². The normalized spacial score (nSPS) is 19.1. The van der Waals surface area contributed by atoms with Gasteiger partial charge in [-0.15, -0.1) is 12.4 Å². The second-order valence-electron chi connectivity index (χ2n) is 4.28. The van der Waals surface area contributed by atoms with Crippen molar-refractivity contribution in [2.75, 3.05) is 13.1 Å². The molecule has 2 N–H and O–H groups in total. The van der Waals surface area contributed by atoms with Crippen molar-refractivity contribution in [2.24, 2.45) is 0 Å². The average Bonchev–Trinajstić information content (AvgIpc) is 2.74. The summed E-state index contributed by atoms with van der Waals surface area (Å²) in [7, 11) is 0. The minimum absolute atomic E-state index is 0. The third kappa shape index (κ3) is 4.84. The Bertz CT molecular complexity index is 377. The summed E-state index contributed by atoms with van der Waals surface area (Å²) in [6.07, 6.45) is 5.92. The monoisotopic (exact) mass is 292 g/mol. The first-order valence-electron chi connectivity index (χ1n) is 5.92. The maximum absolute atomic E-state index is 11.7. The van der Waals surface area contributed by atoms with Gasteiger partial charge < -0.3 is 10.6 Å². The number of aryl methyl sites for hydroxylation is 1. The van der Waals surface area contributed by atoms with Crippen molar-refractivity contribution >= 4 is 29.9 Å². The smallest absolute Gasteiger partial charge is 0.222 e. The predicted molar refractivity (Wildman–Crippen MR) is 73.1 cm³/mol. The van der Waals surface area contributed by atoms with Crippen LogP contribution in [0.2, 0.25) is 5.02 Å². The minimum Gasteiger partial charge on any atom is -0.352 e. The Kier molecular flexibility index (Phi) is 6.46. The summed E-state index contributed by atoms with van der Waals surface area (Å²) in [4.78, 5) is 11.7. The van der Waals surface area contributed by atoms with Crippen LogP contribution < -0.4 is 10.6 Å². The van der Waals surface area contributed by atoms with E-state index in [9.17, 15) is 4.79 Å². The molecule has 5 nitrogen and oxygen atoms in total. The zero-order valence-corrected chi connectivity index (χ0v) is 11.6. The van der Waals surface area contributed by atoms with Crippen LogP contribution in [0.1, 0.15) is 19.3 Å². The first kappa shape index (κ1) is 15.3. The summed E-state index contributed by atoms with van der Waals surface area (Å²) < 4.78 is 1.68. The molecule has 0 radical (unpaired) electrons. The molecule has 1 aromatic heterocycles. The number of amides is 1. The molecule has 1 saturated heterocycles. The molecular weight excluding hydrogens is 275 g/mol. The second-order valence-corrected chi connectivity index (χ2v) is 4.72. The van der Waals surface area contributed by atoms with Crippen molar-refractivity contribution in [1.29, 1.82) is 0 Å². The molecule has 2 rings (SSSR count). The Morgan fingerprint density at radius 1 is 1.67 bits per heavy atom. The van der Waals surface area contributed by atoms with Gasteiger partial charge in [-0.2, -0.15) is 5.10 Å². The van der Waals surface area contributed by atoms with Crippen LogP contribution >= 0.6 is 24.0 Å². The maximum Gasteiger partial charge on any atom is 0.222 e. The maximum atomic E-state index is 11.7. The van der Waals surface area contributed by atoms with Gasteiger partial charge in [0.2, 0.25) is 5.91 Å². The topological polar surface area (TPSA) is 59.0 Å². The number of piperidine rings is 1. The van der Waals surface area contributed by atoms with Crippen LogP contribution in [0.25, 0.3) is 0 Å². The fourth-order valence-corrected chi connectivity index (χ4v) is 2.11. The zero-order valence-electron chi connectivity index (χ0n) is 10.1. The number of halogens is 2. The molecule has 1 aromatic rings. The van der Waals surface area contributed by atoms with Crippen LogP contribution in [0.4, 0.5) is 0 Å². The lowest BCUT2D eigenvalue weighted by atomic mass is 10.1. The highest BCUT2D eigenvalue weighted by Gasteiger charge is 2.14. The lowest BCUT2D eigenvalue weighted by molar-refractivity contribution is -0.122. The van der Waals surface area contributed by atoms with Gasteiger partial charge in [-0.05, 0) is 19.4 Å². The highest BCUT2D eigenvalue weighted by Crippen LogP contribution is 2.05. The molecule has 2 heterocycles. The number of hydrogen-bond donors (Lipinski definition) is 2. The average molecular weight is 293 g/mol. The van der Waals surface area contributed by atoms with E-state index in [1.165, 1.54) is 0 Å². The van der Waals surface area contributed by atoms with E-state index < -0.39 is 0 Å². The molecule has 1 aliphatic heterocycles. The Labute approximate surface area is 118 Å². The summed E-state index contributed by atoms with van der Waals surface area (Å²) >= 11 is 5.74. The molecule has 1 amide bonds. The van der Waals surface area contributed by atoms with E-state index in [1.807, 2.05) is 0 Å². The number of carbonyl (C=O) groups excluding carboxylic acids is 1. The molecular formula is C11H18Cl2N4O. The number of carbonyl (C=O) groups is 1. The predicted octanol–water partition coefficient (Wildman–Crippen LogP) is 1.22. The summed E-state index contributed by atoms with van der Waals surface area (Å²) in [5.74, 6) is 0.0744. The first-order chi connectivity index (χ1) is 8.24. The van der Waals surface area contributed by atoms with Crippen LogP contribution in [0, 0.1) is 0 Å². The van der Waals surface area contributed by atoms with E-state index in [0.717, 1.165) is 25.9 Å². The summed E-state index contributed by atoms with van der Waals surface area (Å²) in [5.41, 5.74) is 0. The van der Waals surface area contributed by atoms with E-state index in [4.69, 9.17) is 11.6 Å². The van der Waals surface area contributed by atoms with Gasteiger partial charge in [-0.3, -0.25) is 9.48 Å². The van der Waals surface area contributed by atoms with Crippen LogP contribution in [0.15, 0.2) is 12.4 Å². The van der Waals surface area contributed by atoms with Crippen LogP contribution in [0.3, 0.4) is 0 Å². The van der Waals surface area contributed by atoms with Gasteiger partial charge in [-0.1, -0.05) is 11.6 Å². The van der Waals surface area contributed by atoms with Gasteiger partial charge in [-0.25, -0.2) is 0 Å². The highest BCUT2D eigenvalue weighted by molar-refractivity contribution is 6.30. The molecule has 1 atom stereocenters. The number of nitrogens with one attached hydrogen (secondary N) is 2. The molecule has 102 valence electrons. The highest BCUT2D eigenvalue weighted by atomic mass is 35.5. The molecule has 0 spiro atoms. The van der Waals surface area contributed by atoms with Gasteiger partial charge >= 0.3 is 0 Å². The molecule has 0 aromatic carbocycles. The van der Waals surface area contributed by atoms with Crippen molar-refractivity contribution in [3.63, 3.8) is 0 Å². The van der Waals surface area contributed by atoms with Crippen molar-refractivity contribution in [3.8, 4) is 0 Å². The Morgan fingerprint density at radius 2 is 2.50 bits per heavy atom. The van der Waals surface area contributed by atoms with Gasteiger partial charge in [0.25, 0.3) is 0 Å². The minimum atomic E-state index is 0. The van der Waals surface area contributed by atoms with E-state index in [0.29, 0.717) is 18.0 Å². The van der Waals surface area contributed by atoms with Gasteiger partial charge in [0.1, 0.15) is 0 Å². The van der Waals surface area contributed by atoms with Gasteiger partial charge in [0.15, 0.2) is 0 Å². The standard InChI is InChI=1S/C11H17ClN4O.ClH/c12-9-6-14-16(8-9)5-3-11(17)15-10-2-1-4-13-7-10;/h6,8,10,13H,1-5,7H2,(H,15,17);1H/t10-;/m0./s1. The number of rotatable bonds is 4. The van der Waals surface area contributed by atoms with Gasteiger partial charge in [0.05, 0.1) is 11.2 Å². The Morgan fingerprint density at radius 3 is 3.11 bits per heavy atom. The lowest BCUT2D eigenvalue weighted by Gasteiger charge is -2.23. The summed E-state index contributed by atoms with van der Waals surface area (Å²) in [6.45, 7) is 2.50. The molecule has 18 heavy (non-hydrogen) atoms. The fraction of sp³-hybridized carbons (Fsp3) is 0.636. The summed E-state index contributed by atoms with van der Waals surface area (Å²) in [5, 5.41) is 10.9. The van der Waals surface area contributed by atoms with E-state index in [1.54, 1.807) is 17.1 Å². The Balaban J connectivity index is 0.00000162. The van der Waals surface area contributed by atoms with E-state index in [2.05, 4.69) is 15.7 Å². The van der Waals surface area contributed by atoms with Crippen molar-refractivity contribution in [3.05, 3.63) is 17.4 Å². The van der Waals surface area contributed by atoms with Crippen LogP contribution in [-0.2, 0) is 11.3 Å².